The van der Waals surface area contributed by atoms with Crippen molar-refractivity contribution < 1.29 is 9.78 Å². The zero-order valence-electron chi connectivity index (χ0n) is 7.08. The molecule has 12 heavy (non-hydrogen) atoms. The van der Waals surface area contributed by atoms with Crippen molar-refractivity contribution in [1.82, 2.24) is 10.2 Å². The van der Waals surface area contributed by atoms with Crippen LogP contribution in [0.25, 0.3) is 0 Å². The summed E-state index contributed by atoms with van der Waals surface area (Å²) in [6.07, 6.45) is 1.99. The quantitative estimate of drug-likeness (QED) is 0.579. The van der Waals surface area contributed by atoms with Crippen LogP contribution in [0.1, 0.15) is 0 Å². The van der Waals surface area contributed by atoms with Crippen molar-refractivity contribution in [2.45, 2.75) is 0 Å². The molecule has 0 amide bonds. The minimum Gasteiger partial charge on any atom is -0.341 e. The summed E-state index contributed by atoms with van der Waals surface area (Å²) >= 11 is 0. The van der Waals surface area contributed by atoms with Gasteiger partial charge in [-0.05, 0) is 6.08 Å². The number of nitrogens with zero attached hydrogens (tertiary/aromatic N) is 1. The first-order chi connectivity index (χ1) is 5.95. The molecular weight excluding hydrogens is 156 g/mol. The van der Waals surface area contributed by atoms with E-state index in [0.717, 1.165) is 38.5 Å². The molecule has 1 N–H and O–H groups in total. The zero-order chi connectivity index (χ0) is 8.23. The second-order valence-corrected chi connectivity index (χ2v) is 3.06. The summed E-state index contributed by atoms with van der Waals surface area (Å²) in [6.45, 7) is 5.84. The van der Waals surface area contributed by atoms with Crippen LogP contribution in [0.2, 0.25) is 0 Å². The molecule has 0 aromatic heterocycles. The lowest BCUT2D eigenvalue weighted by atomic mass is 10.3. The van der Waals surface area contributed by atoms with Crippen molar-refractivity contribution in [1.29, 1.82) is 0 Å². The lowest BCUT2D eigenvalue weighted by molar-refractivity contribution is -0.236. The largest absolute Gasteiger partial charge is 0.341 e. The van der Waals surface area contributed by atoms with E-state index in [-0.39, 0.29) is 0 Å². The van der Waals surface area contributed by atoms with E-state index in [4.69, 9.17) is 9.78 Å². The Morgan fingerprint density at radius 1 is 1.42 bits per heavy atom. The highest BCUT2D eigenvalue weighted by Gasteiger charge is 2.14. The maximum atomic E-state index is 4.95. The van der Waals surface area contributed by atoms with Crippen LogP contribution in [0.5, 0.6) is 0 Å². The number of piperazine rings is 1. The molecule has 0 unspecified atom stereocenters. The normalized spacial score (nSPS) is 25.2. The molecule has 0 atom stereocenters. The number of rotatable bonds is 2. The Hall–Kier alpha value is -0.580. The first-order valence-corrected chi connectivity index (χ1v) is 4.37. The van der Waals surface area contributed by atoms with Crippen molar-refractivity contribution in [3.63, 3.8) is 0 Å². The van der Waals surface area contributed by atoms with Gasteiger partial charge >= 0.3 is 0 Å². The molecule has 2 aliphatic heterocycles. The van der Waals surface area contributed by atoms with E-state index < -0.39 is 0 Å². The van der Waals surface area contributed by atoms with Crippen molar-refractivity contribution in [2.24, 2.45) is 0 Å². The first-order valence-electron chi connectivity index (χ1n) is 4.37. The fourth-order valence-electron chi connectivity index (χ4n) is 1.45. The van der Waals surface area contributed by atoms with E-state index >= 15 is 0 Å². The van der Waals surface area contributed by atoms with Gasteiger partial charge in [0.25, 0.3) is 0 Å². The number of hydrogen-bond donors (Lipinski definition) is 1. The SMILES string of the molecule is C1=C(CN2CCNCC2)OOC1. The van der Waals surface area contributed by atoms with Crippen molar-refractivity contribution in [3.8, 4) is 0 Å². The molecule has 1 fully saturated rings. The van der Waals surface area contributed by atoms with Crippen LogP contribution in [0, 0.1) is 0 Å². The monoisotopic (exact) mass is 170 g/mol. The molecule has 0 aliphatic carbocycles. The van der Waals surface area contributed by atoms with Gasteiger partial charge in [0.2, 0.25) is 0 Å². The molecule has 68 valence electrons. The first kappa shape index (κ1) is 8.04. The summed E-state index contributed by atoms with van der Waals surface area (Å²) in [6, 6.07) is 0. The fourth-order valence-corrected chi connectivity index (χ4v) is 1.45. The summed E-state index contributed by atoms with van der Waals surface area (Å²) in [4.78, 5) is 12.1. The molecule has 4 nitrogen and oxygen atoms in total. The molecule has 0 spiro atoms. The zero-order valence-corrected chi connectivity index (χ0v) is 7.08. The average molecular weight is 170 g/mol. The van der Waals surface area contributed by atoms with Gasteiger partial charge in [0, 0.05) is 26.2 Å². The summed E-state index contributed by atoms with van der Waals surface area (Å²) in [5.74, 6) is 0.955. The van der Waals surface area contributed by atoms with Crippen molar-refractivity contribution in [2.75, 3.05) is 39.3 Å². The molecule has 2 rings (SSSR count). The van der Waals surface area contributed by atoms with Crippen LogP contribution in [-0.2, 0) is 9.78 Å². The summed E-state index contributed by atoms with van der Waals surface area (Å²) in [5, 5.41) is 3.31. The highest BCUT2D eigenvalue weighted by molar-refractivity contribution is 4.98. The van der Waals surface area contributed by atoms with Gasteiger partial charge in [0.15, 0.2) is 5.76 Å². The molecule has 0 saturated carbocycles. The lowest BCUT2D eigenvalue weighted by Gasteiger charge is -2.26. The Labute approximate surface area is 72.1 Å². The molecule has 0 aromatic rings. The van der Waals surface area contributed by atoms with Crippen molar-refractivity contribution >= 4 is 0 Å². The molecule has 4 heteroatoms. The van der Waals surface area contributed by atoms with Gasteiger partial charge in [-0.15, -0.1) is 0 Å². The minimum atomic E-state index is 0.599. The highest BCUT2D eigenvalue weighted by atomic mass is 17.2. The maximum Gasteiger partial charge on any atom is 0.154 e. The lowest BCUT2D eigenvalue weighted by Crippen LogP contribution is -2.44. The van der Waals surface area contributed by atoms with Gasteiger partial charge in [0.05, 0.1) is 6.54 Å². The minimum absolute atomic E-state index is 0.599. The van der Waals surface area contributed by atoms with E-state index in [9.17, 15) is 0 Å². The average Bonchev–Trinajstić information content (AvgIpc) is 2.59. The predicted octanol–water partition coefficient (Wildman–Crippen LogP) is -0.263. The second kappa shape index (κ2) is 3.89. The predicted molar refractivity (Wildman–Crippen MR) is 44.4 cm³/mol. The molecular formula is C8H14N2O2. The van der Waals surface area contributed by atoms with Gasteiger partial charge < -0.3 is 10.2 Å². The van der Waals surface area contributed by atoms with Gasteiger partial charge in [-0.25, -0.2) is 0 Å². The Morgan fingerprint density at radius 2 is 2.25 bits per heavy atom. The van der Waals surface area contributed by atoms with Crippen LogP contribution >= 0.6 is 0 Å². The summed E-state index contributed by atoms with van der Waals surface area (Å²) < 4.78 is 0. The van der Waals surface area contributed by atoms with E-state index in [0.29, 0.717) is 6.61 Å². The third-order valence-corrected chi connectivity index (χ3v) is 2.13. The molecule has 0 aromatic carbocycles. The molecule has 2 heterocycles. The van der Waals surface area contributed by atoms with Crippen LogP contribution in [0.15, 0.2) is 11.8 Å². The number of nitrogens with one attached hydrogen (secondary N) is 1. The Balaban J connectivity index is 1.77. The standard InChI is InChI=1S/C8H14N2O2/c1-6-11-12-8(1)7-10-4-2-9-3-5-10/h1,9H,2-7H2. The molecule has 0 bridgehead atoms. The van der Waals surface area contributed by atoms with E-state index in [1.807, 2.05) is 6.08 Å². The molecule has 1 saturated heterocycles. The van der Waals surface area contributed by atoms with Crippen LogP contribution in [0.3, 0.4) is 0 Å². The van der Waals surface area contributed by atoms with Crippen LogP contribution in [0.4, 0.5) is 0 Å². The van der Waals surface area contributed by atoms with Crippen LogP contribution < -0.4 is 5.32 Å². The Kier molecular flexibility index (Phi) is 2.60. The second-order valence-electron chi connectivity index (χ2n) is 3.06. The third-order valence-electron chi connectivity index (χ3n) is 2.13. The summed E-state index contributed by atoms with van der Waals surface area (Å²) in [5.41, 5.74) is 0. The highest BCUT2D eigenvalue weighted by Crippen LogP contribution is 2.08. The maximum absolute atomic E-state index is 4.95. The topological polar surface area (TPSA) is 33.7 Å². The summed E-state index contributed by atoms with van der Waals surface area (Å²) in [7, 11) is 0. The number of hydrogen-bond acceptors (Lipinski definition) is 4. The van der Waals surface area contributed by atoms with Gasteiger partial charge in [-0.2, -0.15) is 4.89 Å². The fraction of sp³-hybridized carbons (Fsp3) is 0.750. The Bertz CT molecular complexity index is 176. The van der Waals surface area contributed by atoms with Crippen molar-refractivity contribution in [3.05, 3.63) is 11.8 Å². The smallest absolute Gasteiger partial charge is 0.154 e. The van der Waals surface area contributed by atoms with Gasteiger partial charge in [0.1, 0.15) is 6.61 Å². The van der Waals surface area contributed by atoms with E-state index in [1.54, 1.807) is 0 Å². The van der Waals surface area contributed by atoms with E-state index in [2.05, 4.69) is 10.2 Å². The van der Waals surface area contributed by atoms with Crippen LogP contribution in [-0.4, -0.2) is 44.2 Å². The van der Waals surface area contributed by atoms with E-state index in [1.165, 1.54) is 0 Å². The van der Waals surface area contributed by atoms with Gasteiger partial charge in [-0.1, -0.05) is 0 Å². The van der Waals surface area contributed by atoms with Gasteiger partial charge in [-0.3, -0.25) is 4.90 Å². The molecule has 2 aliphatic rings. The molecule has 0 radical (unpaired) electrons. The third kappa shape index (κ3) is 1.97. The Morgan fingerprint density at radius 3 is 2.92 bits per heavy atom.